The van der Waals surface area contributed by atoms with E-state index in [0.717, 1.165) is 17.8 Å². The fraction of sp³-hybridized carbons (Fsp3) is 0.167. The van der Waals surface area contributed by atoms with E-state index in [4.69, 9.17) is 0 Å². The van der Waals surface area contributed by atoms with Gasteiger partial charge in [0, 0.05) is 17.5 Å². The third kappa shape index (κ3) is 2.01. The number of hydrogen-bond donors (Lipinski definition) is 0. The summed E-state index contributed by atoms with van der Waals surface area (Å²) in [6, 6.07) is 6.90. The van der Waals surface area contributed by atoms with Crippen molar-refractivity contribution in [2.45, 2.75) is 13.1 Å². The van der Waals surface area contributed by atoms with E-state index in [9.17, 15) is 13.2 Å². The monoisotopic (exact) mass is 224 g/mol. The maximum atomic E-state index is 12.4. The highest BCUT2D eigenvalue weighted by atomic mass is 19.4. The molecule has 4 heteroatoms. The van der Waals surface area contributed by atoms with Crippen molar-refractivity contribution in [3.63, 3.8) is 0 Å². The second-order valence-electron chi connectivity index (χ2n) is 3.43. The van der Waals surface area contributed by atoms with Gasteiger partial charge in [-0.2, -0.15) is 13.2 Å². The first-order valence-corrected chi connectivity index (χ1v) is 4.78. The summed E-state index contributed by atoms with van der Waals surface area (Å²) >= 11 is 0. The van der Waals surface area contributed by atoms with Crippen LogP contribution < -0.4 is 0 Å². The number of fused-ring (bicyclic) bond motifs is 1. The number of aromatic nitrogens is 1. The van der Waals surface area contributed by atoms with Gasteiger partial charge in [-0.15, -0.1) is 0 Å². The van der Waals surface area contributed by atoms with E-state index in [1.807, 2.05) is 6.92 Å². The lowest BCUT2D eigenvalue weighted by atomic mass is 10.1. The van der Waals surface area contributed by atoms with Gasteiger partial charge < -0.3 is 0 Å². The van der Waals surface area contributed by atoms with Gasteiger partial charge in [0.2, 0.25) is 0 Å². The van der Waals surface area contributed by atoms with E-state index < -0.39 is 11.7 Å². The van der Waals surface area contributed by atoms with Gasteiger partial charge >= 0.3 is 6.18 Å². The Morgan fingerprint density at radius 2 is 1.88 bits per heavy atom. The van der Waals surface area contributed by atoms with Gasteiger partial charge in [-0.25, -0.2) is 0 Å². The highest BCUT2D eigenvalue weighted by Crippen LogP contribution is 2.31. The molecule has 0 aliphatic rings. The summed E-state index contributed by atoms with van der Waals surface area (Å²) in [6.45, 7) is 1.83. The highest BCUT2D eigenvalue weighted by molar-refractivity contribution is 5.79. The van der Waals surface area contributed by atoms with Crippen molar-refractivity contribution in [3.05, 3.63) is 48.0 Å². The largest absolute Gasteiger partial charge is 0.416 e. The summed E-state index contributed by atoms with van der Waals surface area (Å²) in [5.41, 5.74) is 0.686. The lowest BCUT2D eigenvalue weighted by Gasteiger charge is -2.07. The molecule has 1 aromatic heterocycles. The number of benzene rings is 1. The van der Waals surface area contributed by atoms with Crippen LogP contribution in [-0.2, 0) is 6.18 Å². The Hall–Kier alpha value is -1.58. The summed E-state index contributed by atoms with van der Waals surface area (Å²) in [5.74, 6) is 0. The molecule has 1 radical (unpaired) electrons. The Balaban J connectivity index is 2.56. The zero-order valence-corrected chi connectivity index (χ0v) is 8.55. The molecule has 16 heavy (non-hydrogen) atoms. The van der Waals surface area contributed by atoms with E-state index in [2.05, 4.69) is 4.98 Å². The fourth-order valence-corrected chi connectivity index (χ4v) is 1.48. The second-order valence-corrected chi connectivity index (χ2v) is 3.43. The first kappa shape index (κ1) is 10.9. The van der Waals surface area contributed by atoms with Crippen molar-refractivity contribution >= 4 is 10.9 Å². The van der Waals surface area contributed by atoms with Crippen molar-refractivity contribution in [3.8, 4) is 0 Å². The van der Waals surface area contributed by atoms with E-state index in [-0.39, 0.29) is 0 Å². The molecule has 0 saturated carbocycles. The molecule has 0 fully saturated rings. The SMILES string of the molecule is C[CH]c1ccc2cc(C(F)(F)F)ccc2n1. The summed E-state index contributed by atoms with van der Waals surface area (Å²) in [4.78, 5) is 4.19. The third-order valence-electron chi connectivity index (χ3n) is 2.33. The minimum absolute atomic E-state index is 0.500. The molecule has 0 N–H and O–H groups in total. The summed E-state index contributed by atoms with van der Waals surface area (Å²) in [5, 5.41) is 0.500. The van der Waals surface area contributed by atoms with Crippen LogP contribution in [-0.4, -0.2) is 4.98 Å². The van der Waals surface area contributed by atoms with Crippen LogP contribution >= 0.6 is 0 Å². The molecule has 0 spiro atoms. The van der Waals surface area contributed by atoms with Gasteiger partial charge in [0.15, 0.2) is 0 Å². The Kier molecular flexibility index (Phi) is 2.58. The van der Waals surface area contributed by atoms with E-state index >= 15 is 0 Å². The normalized spacial score (nSPS) is 12.0. The van der Waals surface area contributed by atoms with Crippen LogP contribution in [0.2, 0.25) is 0 Å². The molecule has 1 aromatic carbocycles. The molecule has 0 amide bonds. The minimum Gasteiger partial charge on any atom is -0.253 e. The van der Waals surface area contributed by atoms with Gasteiger partial charge in [0.25, 0.3) is 0 Å². The number of halogens is 3. The molecular weight excluding hydrogens is 215 g/mol. The topological polar surface area (TPSA) is 12.9 Å². The van der Waals surface area contributed by atoms with Crippen molar-refractivity contribution in [1.82, 2.24) is 4.98 Å². The van der Waals surface area contributed by atoms with Crippen LogP contribution in [0.15, 0.2) is 30.3 Å². The number of rotatable bonds is 1. The van der Waals surface area contributed by atoms with E-state index in [1.165, 1.54) is 6.07 Å². The summed E-state index contributed by atoms with van der Waals surface area (Å²) in [6.07, 6.45) is -2.50. The molecule has 2 aromatic rings. The molecule has 0 saturated heterocycles. The minimum atomic E-state index is -4.30. The van der Waals surface area contributed by atoms with Gasteiger partial charge in [-0.05, 0) is 24.3 Å². The first-order chi connectivity index (χ1) is 7.50. The molecule has 1 nitrogen and oxygen atoms in total. The predicted molar refractivity (Wildman–Crippen MR) is 55.8 cm³/mol. The standard InChI is InChI=1S/C12H9F3N/c1-2-10-5-3-8-7-9(12(13,14)15)4-6-11(8)16-10/h2-7H,1H3. The highest BCUT2D eigenvalue weighted by Gasteiger charge is 2.30. The van der Waals surface area contributed by atoms with Gasteiger partial charge in [-0.3, -0.25) is 4.98 Å². The summed E-state index contributed by atoms with van der Waals surface area (Å²) < 4.78 is 37.3. The second kappa shape index (κ2) is 3.77. The van der Waals surface area contributed by atoms with Gasteiger partial charge in [0.1, 0.15) is 0 Å². The molecule has 0 aliphatic carbocycles. The van der Waals surface area contributed by atoms with Crippen molar-refractivity contribution in [1.29, 1.82) is 0 Å². The van der Waals surface area contributed by atoms with Crippen LogP contribution in [0.4, 0.5) is 13.2 Å². The number of nitrogens with zero attached hydrogens (tertiary/aromatic N) is 1. The Bertz CT molecular complexity index is 517. The van der Waals surface area contributed by atoms with Crippen LogP contribution in [0.1, 0.15) is 18.2 Å². The van der Waals surface area contributed by atoms with E-state index in [1.54, 1.807) is 18.6 Å². The fourth-order valence-electron chi connectivity index (χ4n) is 1.48. The lowest BCUT2D eigenvalue weighted by Crippen LogP contribution is -2.04. The third-order valence-corrected chi connectivity index (χ3v) is 2.33. The molecule has 0 bridgehead atoms. The van der Waals surface area contributed by atoms with Crippen LogP contribution in [0.25, 0.3) is 10.9 Å². The molecule has 1 heterocycles. The average Bonchev–Trinajstić information content (AvgIpc) is 2.26. The zero-order valence-electron chi connectivity index (χ0n) is 8.55. The Morgan fingerprint density at radius 3 is 2.50 bits per heavy atom. The molecule has 0 aliphatic heterocycles. The number of hydrogen-bond acceptors (Lipinski definition) is 1. The number of alkyl halides is 3. The zero-order chi connectivity index (χ0) is 11.8. The van der Waals surface area contributed by atoms with Crippen molar-refractivity contribution in [2.24, 2.45) is 0 Å². The van der Waals surface area contributed by atoms with Gasteiger partial charge in [0.05, 0.1) is 11.1 Å². The lowest BCUT2D eigenvalue weighted by molar-refractivity contribution is -0.137. The smallest absolute Gasteiger partial charge is 0.253 e. The van der Waals surface area contributed by atoms with Crippen molar-refractivity contribution in [2.75, 3.05) is 0 Å². The van der Waals surface area contributed by atoms with Crippen LogP contribution in [0.5, 0.6) is 0 Å². The van der Waals surface area contributed by atoms with Crippen LogP contribution in [0.3, 0.4) is 0 Å². The quantitative estimate of drug-likeness (QED) is 0.717. The van der Waals surface area contributed by atoms with Gasteiger partial charge in [-0.1, -0.05) is 13.0 Å². The first-order valence-electron chi connectivity index (χ1n) is 4.78. The number of pyridine rings is 1. The maximum Gasteiger partial charge on any atom is 0.416 e. The summed E-state index contributed by atoms with van der Waals surface area (Å²) in [7, 11) is 0. The average molecular weight is 224 g/mol. The molecule has 0 atom stereocenters. The molecule has 0 unspecified atom stereocenters. The molecular formula is C12H9F3N. The molecule has 2 rings (SSSR count). The Labute approximate surface area is 90.9 Å². The van der Waals surface area contributed by atoms with E-state index in [0.29, 0.717) is 10.9 Å². The maximum absolute atomic E-state index is 12.4. The molecule has 83 valence electrons. The Morgan fingerprint density at radius 1 is 1.12 bits per heavy atom. The van der Waals surface area contributed by atoms with Crippen LogP contribution in [0, 0.1) is 6.42 Å². The van der Waals surface area contributed by atoms with Crippen molar-refractivity contribution < 1.29 is 13.2 Å². The predicted octanol–water partition coefficient (Wildman–Crippen LogP) is 3.83.